The molecule has 1 N–H and O–H groups in total. The fourth-order valence-corrected chi connectivity index (χ4v) is 5.41. The molecular formula is C32H40N6O4. The Kier molecular flexibility index (Phi) is 8.21. The second-order valence-corrected chi connectivity index (χ2v) is 12.1. The van der Waals surface area contributed by atoms with Crippen LogP contribution in [0.4, 0.5) is 5.82 Å². The minimum Gasteiger partial charge on any atom is -0.479 e. The van der Waals surface area contributed by atoms with Gasteiger partial charge in [-0.1, -0.05) is 36.4 Å². The molecule has 10 heteroatoms. The van der Waals surface area contributed by atoms with Crippen LogP contribution in [0.2, 0.25) is 0 Å². The number of ether oxygens (including phenoxy) is 2. The van der Waals surface area contributed by atoms with Crippen molar-refractivity contribution < 1.29 is 19.4 Å². The number of aliphatic carboxylic acids is 1. The summed E-state index contributed by atoms with van der Waals surface area (Å²) in [4.78, 5) is 24.3. The summed E-state index contributed by atoms with van der Waals surface area (Å²) >= 11 is 0. The van der Waals surface area contributed by atoms with Crippen LogP contribution in [0.5, 0.6) is 0 Å². The number of aromatic nitrogens is 5. The van der Waals surface area contributed by atoms with Gasteiger partial charge in [0, 0.05) is 37.6 Å². The van der Waals surface area contributed by atoms with E-state index in [1.165, 1.54) is 5.56 Å². The molecule has 1 saturated heterocycles. The molecule has 0 spiro atoms. The quantitative estimate of drug-likeness (QED) is 0.250. The summed E-state index contributed by atoms with van der Waals surface area (Å²) in [7, 11) is 0. The van der Waals surface area contributed by atoms with Crippen LogP contribution in [0.3, 0.4) is 0 Å². The fourth-order valence-electron chi connectivity index (χ4n) is 5.41. The molecule has 0 unspecified atom stereocenters. The van der Waals surface area contributed by atoms with E-state index in [4.69, 9.17) is 19.6 Å². The summed E-state index contributed by atoms with van der Waals surface area (Å²) < 4.78 is 16.0. The van der Waals surface area contributed by atoms with Crippen LogP contribution in [0, 0.1) is 6.92 Å². The minimum atomic E-state index is -1.22. The summed E-state index contributed by atoms with van der Waals surface area (Å²) in [5, 5.41) is 15.3. The Labute approximate surface area is 246 Å². The molecule has 3 aromatic heterocycles. The van der Waals surface area contributed by atoms with Crippen molar-refractivity contribution in [3.63, 3.8) is 0 Å². The molecule has 222 valence electrons. The highest BCUT2D eigenvalue weighted by Crippen LogP contribution is 2.38. The van der Waals surface area contributed by atoms with Gasteiger partial charge in [-0.2, -0.15) is 9.61 Å². The molecule has 0 bridgehead atoms. The van der Waals surface area contributed by atoms with Crippen molar-refractivity contribution in [3.05, 3.63) is 78.4 Å². The molecule has 1 atom stereocenters. The van der Waals surface area contributed by atoms with E-state index >= 15 is 0 Å². The maximum absolute atomic E-state index is 12.7. The van der Waals surface area contributed by atoms with Crippen molar-refractivity contribution in [1.29, 1.82) is 0 Å². The first kappa shape index (κ1) is 29.5. The largest absolute Gasteiger partial charge is 0.479 e. The fraction of sp³-hybridized carbons (Fsp3) is 0.438. The SMILES string of the molecule is C=CCOC1(C)CCN(c2c([C@H](OC(C)(C)C)C(=O)O)c(C)nc3cc(-c4cn(Cc5ccccc5)cn4)nn23)CC1. The highest BCUT2D eigenvalue weighted by molar-refractivity contribution is 5.78. The Balaban J connectivity index is 1.58. The monoisotopic (exact) mass is 572 g/mol. The maximum atomic E-state index is 12.7. The predicted octanol–water partition coefficient (Wildman–Crippen LogP) is 5.45. The van der Waals surface area contributed by atoms with Crippen molar-refractivity contribution in [2.45, 2.75) is 71.3 Å². The Hall–Kier alpha value is -4.02. The lowest BCUT2D eigenvalue weighted by Crippen LogP contribution is -2.45. The van der Waals surface area contributed by atoms with Gasteiger partial charge in [0.15, 0.2) is 11.8 Å². The predicted molar refractivity (Wildman–Crippen MR) is 162 cm³/mol. The number of rotatable bonds is 10. The first-order valence-electron chi connectivity index (χ1n) is 14.3. The smallest absolute Gasteiger partial charge is 0.337 e. The molecule has 1 aromatic carbocycles. The van der Waals surface area contributed by atoms with Crippen molar-refractivity contribution in [2.75, 3.05) is 24.6 Å². The molecule has 5 rings (SSSR count). The molecule has 4 heterocycles. The van der Waals surface area contributed by atoms with E-state index in [0.29, 0.717) is 60.4 Å². The highest BCUT2D eigenvalue weighted by atomic mass is 16.5. The normalized spacial score (nSPS) is 16.1. The third-order valence-electron chi connectivity index (χ3n) is 7.54. The number of hydrogen-bond acceptors (Lipinski definition) is 7. The average molecular weight is 573 g/mol. The zero-order valence-electron chi connectivity index (χ0n) is 25.1. The molecule has 4 aromatic rings. The van der Waals surface area contributed by atoms with E-state index in [0.717, 1.165) is 12.8 Å². The first-order chi connectivity index (χ1) is 20.0. The molecule has 0 radical (unpaired) electrons. The number of carboxylic acid groups (broad SMARTS) is 1. The molecule has 1 aliphatic rings. The van der Waals surface area contributed by atoms with E-state index < -0.39 is 17.7 Å². The van der Waals surface area contributed by atoms with Gasteiger partial charge in [0.25, 0.3) is 0 Å². The number of nitrogens with zero attached hydrogens (tertiary/aromatic N) is 6. The van der Waals surface area contributed by atoms with Crippen LogP contribution in [0.1, 0.15) is 63.5 Å². The molecule has 1 aliphatic heterocycles. The van der Waals surface area contributed by atoms with E-state index in [2.05, 4.69) is 35.5 Å². The molecule has 1 fully saturated rings. The number of carboxylic acids is 1. The third-order valence-corrected chi connectivity index (χ3v) is 7.54. The lowest BCUT2D eigenvalue weighted by atomic mass is 9.92. The van der Waals surface area contributed by atoms with E-state index in [9.17, 15) is 9.90 Å². The molecule has 0 aliphatic carbocycles. The molecule has 10 nitrogen and oxygen atoms in total. The first-order valence-corrected chi connectivity index (χ1v) is 14.3. The Morgan fingerprint density at radius 2 is 1.90 bits per heavy atom. The number of benzene rings is 1. The van der Waals surface area contributed by atoms with Crippen molar-refractivity contribution in [1.82, 2.24) is 24.1 Å². The second kappa shape index (κ2) is 11.7. The van der Waals surface area contributed by atoms with E-state index in [1.807, 2.05) is 62.7 Å². The number of fused-ring (bicyclic) bond motifs is 1. The number of anilines is 1. The van der Waals surface area contributed by atoms with Crippen LogP contribution in [0.15, 0.2) is 61.6 Å². The molecule has 0 saturated carbocycles. The summed E-state index contributed by atoms with van der Waals surface area (Å²) in [6.07, 6.45) is 5.83. The van der Waals surface area contributed by atoms with Gasteiger partial charge in [0.05, 0.1) is 29.7 Å². The topological polar surface area (TPSA) is 107 Å². The molecular weight excluding hydrogens is 532 g/mol. The van der Waals surface area contributed by atoms with Gasteiger partial charge in [-0.25, -0.2) is 14.8 Å². The van der Waals surface area contributed by atoms with Gasteiger partial charge in [0.2, 0.25) is 0 Å². The summed E-state index contributed by atoms with van der Waals surface area (Å²) in [5.74, 6) is -0.395. The number of hydrogen-bond donors (Lipinski definition) is 1. The van der Waals surface area contributed by atoms with Gasteiger partial charge in [-0.3, -0.25) is 0 Å². The minimum absolute atomic E-state index is 0.291. The Bertz CT molecular complexity index is 1560. The number of piperidine rings is 1. The summed E-state index contributed by atoms with van der Waals surface area (Å²) in [6.45, 7) is 15.8. The van der Waals surface area contributed by atoms with Gasteiger partial charge >= 0.3 is 5.97 Å². The number of aryl methyl sites for hydroxylation is 1. The highest BCUT2D eigenvalue weighted by Gasteiger charge is 2.37. The maximum Gasteiger partial charge on any atom is 0.337 e. The van der Waals surface area contributed by atoms with Crippen molar-refractivity contribution in [2.24, 2.45) is 0 Å². The van der Waals surface area contributed by atoms with Gasteiger partial charge in [-0.05, 0) is 53.0 Å². The number of imidazole rings is 1. The third kappa shape index (κ3) is 6.39. The summed E-state index contributed by atoms with van der Waals surface area (Å²) in [5.41, 5.74) is 3.28. The standard InChI is InChI=1S/C32H40N6O4/c1-7-17-41-32(6)13-15-37(16-14-32)29-27(28(30(39)40)42-31(3,4)5)22(2)34-26-18-24(35-38(26)29)25-20-36(21-33-25)19-23-11-9-8-10-12-23/h7-12,18,20-21,28H,1,13-17,19H2,2-6H3,(H,39,40)/t28-/m0/s1. The lowest BCUT2D eigenvalue weighted by Gasteiger charge is -2.41. The van der Waals surface area contributed by atoms with Gasteiger partial charge < -0.3 is 24.0 Å². The number of carbonyl (C=O) groups is 1. The average Bonchev–Trinajstić information content (AvgIpc) is 3.58. The van der Waals surface area contributed by atoms with Crippen molar-refractivity contribution in [3.8, 4) is 11.4 Å². The van der Waals surface area contributed by atoms with Gasteiger partial charge in [-0.15, -0.1) is 6.58 Å². The van der Waals surface area contributed by atoms with E-state index in [1.54, 1.807) is 16.9 Å². The zero-order chi connectivity index (χ0) is 30.1. The van der Waals surface area contributed by atoms with Crippen LogP contribution in [0.25, 0.3) is 17.0 Å². The van der Waals surface area contributed by atoms with Crippen LogP contribution in [-0.2, 0) is 20.8 Å². The Morgan fingerprint density at radius 1 is 1.19 bits per heavy atom. The van der Waals surface area contributed by atoms with E-state index in [-0.39, 0.29) is 5.60 Å². The molecule has 42 heavy (non-hydrogen) atoms. The van der Waals surface area contributed by atoms with Gasteiger partial charge in [0.1, 0.15) is 17.2 Å². The van der Waals surface area contributed by atoms with Crippen LogP contribution in [-0.4, -0.2) is 66.1 Å². The second-order valence-electron chi connectivity index (χ2n) is 12.1. The van der Waals surface area contributed by atoms with Crippen LogP contribution < -0.4 is 4.90 Å². The Morgan fingerprint density at radius 3 is 2.55 bits per heavy atom. The zero-order valence-corrected chi connectivity index (χ0v) is 25.1. The van der Waals surface area contributed by atoms with Crippen molar-refractivity contribution >= 4 is 17.4 Å². The molecule has 0 amide bonds. The summed E-state index contributed by atoms with van der Waals surface area (Å²) in [6, 6.07) is 12.1. The lowest BCUT2D eigenvalue weighted by molar-refractivity contribution is -0.160. The van der Waals surface area contributed by atoms with Crippen LogP contribution >= 0.6 is 0 Å².